The number of para-hydroxylation sites is 1. The first-order valence-corrected chi connectivity index (χ1v) is 13.7. The number of sulfonamides is 1. The van der Waals surface area contributed by atoms with Crippen LogP contribution in [0.5, 0.6) is 0 Å². The SMILES string of the molecule is CC1CC(C)CN(Cc2csc(NC(=O)c3ccc(S(=O)(=O)N(C)c4ccccc4)cc3)n2)C1. The smallest absolute Gasteiger partial charge is 0.264 e. The van der Waals surface area contributed by atoms with Gasteiger partial charge in [-0.25, -0.2) is 13.4 Å². The highest BCUT2D eigenvalue weighted by Crippen LogP contribution is 2.25. The number of piperidine rings is 1. The van der Waals surface area contributed by atoms with Crippen LogP contribution < -0.4 is 9.62 Å². The molecule has 0 radical (unpaired) electrons. The van der Waals surface area contributed by atoms with Gasteiger partial charge >= 0.3 is 0 Å². The molecule has 0 spiro atoms. The van der Waals surface area contributed by atoms with E-state index in [-0.39, 0.29) is 10.8 Å². The maximum Gasteiger partial charge on any atom is 0.264 e. The van der Waals surface area contributed by atoms with Crippen molar-refractivity contribution in [3.63, 3.8) is 0 Å². The summed E-state index contributed by atoms with van der Waals surface area (Å²) < 4.78 is 27.1. The number of amides is 1. The molecule has 3 aromatic rings. The molecular weight excluding hydrogens is 468 g/mol. The molecule has 1 aliphatic rings. The van der Waals surface area contributed by atoms with E-state index in [1.54, 1.807) is 24.3 Å². The molecule has 0 aliphatic carbocycles. The highest BCUT2D eigenvalue weighted by atomic mass is 32.2. The lowest BCUT2D eigenvalue weighted by Gasteiger charge is -2.34. The fourth-order valence-corrected chi connectivity index (χ4v) is 6.36. The number of hydrogen-bond acceptors (Lipinski definition) is 6. The molecule has 4 rings (SSSR count). The van der Waals surface area contributed by atoms with Crippen LogP contribution in [-0.4, -0.2) is 44.3 Å². The second-order valence-electron chi connectivity index (χ2n) is 9.07. The Kier molecular flexibility index (Phi) is 7.35. The molecule has 1 N–H and O–H groups in total. The summed E-state index contributed by atoms with van der Waals surface area (Å²) >= 11 is 1.40. The lowest BCUT2D eigenvalue weighted by molar-refractivity contribution is 0.102. The molecule has 0 saturated carbocycles. The second-order valence-corrected chi connectivity index (χ2v) is 11.9. The number of nitrogens with one attached hydrogen (secondary N) is 1. The van der Waals surface area contributed by atoms with Crippen molar-refractivity contribution in [2.24, 2.45) is 11.8 Å². The number of nitrogens with zero attached hydrogens (tertiary/aromatic N) is 3. The van der Waals surface area contributed by atoms with Gasteiger partial charge in [-0.2, -0.15) is 0 Å². The maximum absolute atomic E-state index is 12.9. The van der Waals surface area contributed by atoms with Gasteiger partial charge in [-0.15, -0.1) is 11.3 Å². The van der Waals surface area contributed by atoms with E-state index in [1.807, 2.05) is 11.4 Å². The number of rotatable bonds is 7. The molecule has 2 unspecified atom stereocenters. The number of carbonyl (C=O) groups is 1. The molecule has 9 heteroatoms. The van der Waals surface area contributed by atoms with Gasteiger partial charge in [0, 0.05) is 37.6 Å². The Balaban J connectivity index is 1.39. The van der Waals surface area contributed by atoms with Crippen LogP contribution in [0.1, 0.15) is 36.3 Å². The van der Waals surface area contributed by atoms with E-state index in [9.17, 15) is 13.2 Å². The Morgan fingerprint density at radius 2 is 1.74 bits per heavy atom. The quantitative estimate of drug-likeness (QED) is 0.511. The largest absolute Gasteiger partial charge is 0.298 e. The number of hydrogen-bond donors (Lipinski definition) is 1. The zero-order valence-corrected chi connectivity index (χ0v) is 21.3. The van der Waals surface area contributed by atoms with Crippen molar-refractivity contribution in [3.8, 4) is 0 Å². The predicted octanol–water partition coefficient (Wildman–Crippen LogP) is 4.70. The molecule has 2 atom stereocenters. The van der Waals surface area contributed by atoms with Crippen molar-refractivity contribution in [2.75, 3.05) is 29.8 Å². The van der Waals surface area contributed by atoms with Gasteiger partial charge in [-0.3, -0.25) is 19.3 Å². The summed E-state index contributed by atoms with van der Waals surface area (Å²) in [7, 11) is -2.22. The second kappa shape index (κ2) is 10.2. The Hall–Kier alpha value is -2.75. The lowest BCUT2D eigenvalue weighted by atomic mass is 9.92. The van der Waals surface area contributed by atoms with Gasteiger partial charge < -0.3 is 0 Å². The third-order valence-electron chi connectivity index (χ3n) is 6.00. The van der Waals surface area contributed by atoms with Crippen molar-refractivity contribution in [1.82, 2.24) is 9.88 Å². The molecule has 1 saturated heterocycles. The van der Waals surface area contributed by atoms with Crippen LogP contribution in [0, 0.1) is 11.8 Å². The fourth-order valence-electron chi connectivity index (χ4n) is 4.47. The lowest BCUT2D eigenvalue weighted by Crippen LogP contribution is -2.38. The summed E-state index contributed by atoms with van der Waals surface area (Å²) in [5, 5.41) is 5.35. The van der Waals surface area contributed by atoms with Crippen molar-refractivity contribution < 1.29 is 13.2 Å². The normalized spacial score (nSPS) is 19.0. The minimum Gasteiger partial charge on any atom is -0.298 e. The Labute approximate surface area is 205 Å². The van der Waals surface area contributed by atoms with E-state index in [2.05, 4.69) is 29.0 Å². The van der Waals surface area contributed by atoms with Crippen molar-refractivity contribution >= 4 is 38.1 Å². The van der Waals surface area contributed by atoms with Gasteiger partial charge in [0.1, 0.15) is 0 Å². The molecular formula is C25H30N4O3S2. The van der Waals surface area contributed by atoms with E-state index in [1.165, 1.54) is 53.4 Å². The Morgan fingerprint density at radius 3 is 2.38 bits per heavy atom. The Bertz CT molecular complexity index is 1220. The van der Waals surface area contributed by atoms with Gasteiger partial charge in [-0.05, 0) is 54.7 Å². The third kappa shape index (κ3) is 5.65. The van der Waals surface area contributed by atoms with Gasteiger partial charge in [0.2, 0.25) is 0 Å². The monoisotopic (exact) mass is 498 g/mol. The van der Waals surface area contributed by atoms with Gasteiger partial charge in [0.15, 0.2) is 5.13 Å². The van der Waals surface area contributed by atoms with Crippen molar-refractivity contribution in [1.29, 1.82) is 0 Å². The van der Waals surface area contributed by atoms with E-state index < -0.39 is 10.0 Å². The van der Waals surface area contributed by atoms with Crippen molar-refractivity contribution in [2.45, 2.75) is 31.7 Å². The maximum atomic E-state index is 12.9. The Morgan fingerprint density at radius 1 is 1.09 bits per heavy atom. The van der Waals surface area contributed by atoms with Crippen LogP contribution in [0.2, 0.25) is 0 Å². The zero-order chi connectivity index (χ0) is 24.3. The van der Waals surface area contributed by atoms with Crippen LogP contribution in [0.25, 0.3) is 0 Å². The summed E-state index contributed by atoms with van der Waals surface area (Å²) in [6, 6.07) is 14.8. The summed E-state index contributed by atoms with van der Waals surface area (Å²) in [5.74, 6) is 1.04. The minimum absolute atomic E-state index is 0.122. The molecule has 7 nitrogen and oxygen atoms in total. The van der Waals surface area contributed by atoms with Crippen molar-refractivity contribution in [3.05, 3.63) is 71.2 Å². The summed E-state index contributed by atoms with van der Waals surface area (Å²) in [5.41, 5.74) is 1.89. The summed E-state index contributed by atoms with van der Waals surface area (Å²) in [4.78, 5) is 19.8. The molecule has 180 valence electrons. The number of benzene rings is 2. The number of carbonyl (C=O) groups excluding carboxylic acids is 1. The first-order valence-electron chi connectivity index (χ1n) is 11.3. The number of likely N-dealkylation sites (tertiary alicyclic amines) is 1. The van der Waals surface area contributed by atoms with E-state index >= 15 is 0 Å². The topological polar surface area (TPSA) is 82.6 Å². The number of thiazole rings is 1. The van der Waals surface area contributed by atoms with Gasteiger partial charge in [0.05, 0.1) is 16.3 Å². The van der Waals surface area contributed by atoms with Crippen LogP contribution in [-0.2, 0) is 16.6 Å². The molecule has 0 bridgehead atoms. The highest BCUT2D eigenvalue weighted by molar-refractivity contribution is 7.92. The summed E-state index contributed by atoms with van der Waals surface area (Å²) in [6.07, 6.45) is 1.26. The average molecular weight is 499 g/mol. The first-order chi connectivity index (χ1) is 16.2. The van der Waals surface area contributed by atoms with Crippen LogP contribution in [0.3, 0.4) is 0 Å². The number of anilines is 2. The summed E-state index contributed by atoms with van der Waals surface area (Å²) in [6.45, 7) is 7.48. The van der Waals surface area contributed by atoms with Crippen LogP contribution >= 0.6 is 11.3 Å². The van der Waals surface area contributed by atoms with Crippen LogP contribution in [0.4, 0.5) is 10.8 Å². The van der Waals surface area contributed by atoms with E-state index in [4.69, 9.17) is 0 Å². The van der Waals surface area contributed by atoms with Gasteiger partial charge in [-0.1, -0.05) is 32.0 Å². The van der Waals surface area contributed by atoms with Gasteiger partial charge in [0.25, 0.3) is 15.9 Å². The predicted molar refractivity (Wildman–Crippen MR) is 137 cm³/mol. The standard InChI is InChI=1S/C25H30N4O3S2/c1-18-13-19(2)15-29(14-18)16-21-17-33-25(26-21)27-24(30)20-9-11-23(12-10-20)34(31,32)28(3)22-7-5-4-6-8-22/h4-12,17-19H,13-16H2,1-3H3,(H,26,27,30). The minimum atomic E-state index is -3.73. The molecule has 1 aromatic heterocycles. The fraction of sp³-hybridized carbons (Fsp3) is 0.360. The molecule has 2 aromatic carbocycles. The van der Waals surface area contributed by atoms with E-state index in [0.717, 1.165) is 25.3 Å². The van der Waals surface area contributed by atoms with E-state index in [0.29, 0.717) is 28.2 Å². The number of aromatic nitrogens is 1. The highest BCUT2D eigenvalue weighted by Gasteiger charge is 2.23. The molecule has 1 fully saturated rings. The first kappa shape index (κ1) is 24.4. The molecule has 34 heavy (non-hydrogen) atoms. The van der Waals surface area contributed by atoms with Crippen LogP contribution in [0.15, 0.2) is 64.9 Å². The average Bonchev–Trinajstić information content (AvgIpc) is 3.25. The third-order valence-corrected chi connectivity index (χ3v) is 8.60. The molecule has 1 aliphatic heterocycles. The zero-order valence-electron chi connectivity index (χ0n) is 19.6. The molecule has 2 heterocycles. The molecule has 1 amide bonds.